The molecule has 16 heavy (non-hydrogen) atoms. The highest BCUT2D eigenvalue weighted by atomic mass is 16.2. The van der Waals surface area contributed by atoms with Crippen LogP contribution in [0.25, 0.3) is 0 Å². The van der Waals surface area contributed by atoms with E-state index >= 15 is 0 Å². The van der Waals surface area contributed by atoms with Crippen LogP contribution in [0.1, 0.15) is 19.8 Å². The van der Waals surface area contributed by atoms with E-state index in [4.69, 9.17) is 0 Å². The highest BCUT2D eigenvalue weighted by Gasteiger charge is 2.34. The van der Waals surface area contributed by atoms with Gasteiger partial charge in [-0.25, -0.2) is 0 Å². The molecule has 0 N–H and O–H groups in total. The van der Waals surface area contributed by atoms with Gasteiger partial charge in [0.2, 0.25) is 5.91 Å². The van der Waals surface area contributed by atoms with Crippen LogP contribution in [0.5, 0.6) is 0 Å². The minimum absolute atomic E-state index is 0.152. The van der Waals surface area contributed by atoms with Gasteiger partial charge in [0.05, 0.1) is 11.4 Å². The van der Waals surface area contributed by atoms with Crippen LogP contribution in [-0.2, 0) is 4.79 Å². The summed E-state index contributed by atoms with van der Waals surface area (Å²) in [4.78, 5) is 16.0. The molecule has 0 aromatic heterocycles. The van der Waals surface area contributed by atoms with Crippen molar-refractivity contribution in [3.8, 4) is 0 Å². The molecule has 3 heteroatoms. The van der Waals surface area contributed by atoms with E-state index in [9.17, 15) is 4.79 Å². The van der Waals surface area contributed by atoms with Crippen molar-refractivity contribution in [3.63, 3.8) is 0 Å². The van der Waals surface area contributed by atoms with Gasteiger partial charge in [-0.05, 0) is 25.0 Å². The molecule has 1 amide bonds. The third kappa shape index (κ3) is 1.31. The summed E-state index contributed by atoms with van der Waals surface area (Å²) in [6.45, 7) is 3.64. The predicted octanol–water partition coefficient (Wildman–Crippen LogP) is 2.02. The molecule has 1 saturated heterocycles. The van der Waals surface area contributed by atoms with Crippen molar-refractivity contribution in [2.45, 2.75) is 25.8 Å². The van der Waals surface area contributed by atoms with Crippen LogP contribution in [0.15, 0.2) is 24.3 Å². The van der Waals surface area contributed by atoms with Crippen molar-refractivity contribution in [1.29, 1.82) is 0 Å². The maximum Gasteiger partial charge on any atom is 0.223 e. The largest absolute Gasteiger partial charge is 0.365 e. The zero-order valence-electron chi connectivity index (χ0n) is 9.52. The number of benzene rings is 1. The number of carbonyl (C=O) groups is 1. The molecule has 1 fully saturated rings. The Balaban J connectivity index is 2.09. The average molecular weight is 216 g/mol. The molecule has 1 unspecified atom stereocenters. The molecule has 3 nitrogen and oxygen atoms in total. The lowest BCUT2D eigenvalue weighted by Crippen LogP contribution is -2.47. The van der Waals surface area contributed by atoms with Crippen molar-refractivity contribution in [2.24, 2.45) is 0 Å². The lowest BCUT2D eigenvalue weighted by molar-refractivity contribution is -0.116. The Labute approximate surface area is 95.7 Å². The first-order valence-corrected chi connectivity index (χ1v) is 5.91. The first-order chi connectivity index (χ1) is 7.77. The van der Waals surface area contributed by atoms with Gasteiger partial charge >= 0.3 is 0 Å². The molecule has 1 atom stereocenters. The second-order valence-electron chi connectivity index (χ2n) is 4.61. The summed E-state index contributed by atoms with van der Waals surface area (Å²) >= 11 is 0. The Morgan fingerprint density at radius 2 is 2.06 bits per heavy atom. The maximum absolute atomic E-state index is 11.7. The number of hydrogen-bond acceptors (Lipinski definition) is 2. The first kappa shape index (κ1) is 9.70. The summed E-state index contributed by atoms with van der Waals surface area (Å²) in [5.41, 5.74) is 2.31. The molecule has 0 spiro atoms. The minimum Gasteiger partial charge on any atom is -0.365 e. The van der Waals surface area contributed by atoms with Gasteiger partial charge in [-0.2, -0.15) is 0 Å². The van der Waals surface area contributed by atoms with Crippen LogP contribution in [-0.4, -0.2) is 25.0 Å². The van der Waals surface area contributed by atoms with Crippen LogP contribution in [0.4, 0.5) is 11.4 Å². The van der Waals surface area contributed by atoms with E-state index in [-0.39, 0.29) is 5.91 Å². The molecule has 3 rings (SSSR count). The van der Waals surface area contributed by atoms with Gasteiger partial charge < -0.3 is 9.80 Å². The summed E-state index contributed by atoms with van der Waals surface area (Å²) in [7, 11) is 0. The molecular weight excluding hydrogens is 200 g/mol. The predicted molar refractivity (Wildman–Crippen MR) is 64.8 cm³/mol. The van der Waals surface area contributed by atoms with E-state index in [2.05, 4.69) is 17.0 Å². The monoisotopic (exact) mass is 216 g/mol. The van der Waals surface area contributed by atoms with E-state index in [1.165, 1.54) is 18.5 Å². The summed E-state index contributed by atoms with van der Waals surface area (Å²) in [6, 6.07) is 8.76. The number of anilines is 2. The molecule has 2 aliphatic rings. The molecule has 1 aromatic carbocycles. The van der Waals surface area contributed by atoms with E-state index < -0.39 is 0 Å². The van der Waals surface area contributed by atoms with Gasteiger partial charge in [-0.1, -0.05) is 12.1 Å². The molecule has 2 aliphatic heterocycles. The van der Waals surface area contributed by atoms with E-state index in [1.54, 1.807) is 6.92 Å². The van der Waals surface area contributed by atoms with Crippen LogP contribution < -0.4 is 9.80 Å². The molecule has 0 saturated carbocycles. The Morgan fingerprint density at radius 3 is 2.81 bits per heavy atom. The Kier molecular flexibility index (Phi) is 2.13. The zero-order valence-corrected chi connectivity index (χ0v) is 9.52. The fourth-order valence-electron chi connectivity index (χ4n) is 2.89. The van der Waals surface area contributed by atoms with Crippen LogP contribution >= 0.6 is 0 Å². The van der Waals surface area contributed by atoms with Crippen molar-refractivity contribution in [3.05, 3.63) is 24.3 Å². The topological polar surface area (TPSA) is 23.6 Å². The number of carbonyl (C=O) groups excluding carboxylic acids is 1. The molecule has 2 heterocycles. The average Bonchev–Trinajstić information content (AvgIpc) is 2.75. The molecule has 1 aromatic rings. The normalized spacial score (nSPS) is 22.9. The number of rotatable bonds is 0. The number of fused-ring (bicyclic) bond motifs is 3. The maximum atomic E-state index is 11.7. The van der Waals surface area contributed by atoms with Crippen molar-refractivity contribution >= 4 is 17.3 Å². The molecule has 0 radical (unpaired) electrons. The highest BCUT2D eigenvalue weighted by molar-refractivity contribution is 5.96. The number of amides is 1. The number of hydrogen-bond donors (Lipinski definition) is 0. The number of para-hydroxylation sites is 2. The van der Waals surface area contributed by atoms with Crippen molar-refractivity contribution in [2.75, 3.05) is 22.9 Å². The van der Waals surface area contributed by atoms with Crippen LogP contribution in [0, 0.1) is 0 Å². The zero-order chi connectivity index (χ0) is 11.1. The lowest BCUT2D eigenvalue weighted by atomic mass is 10.1. The van der Waals surface area contributed by atoms with Crippen LogP contribution in [0.3, 0.4) is 0 Å². The van der Waals surface area contributed by atoms with Gasteiger partial charge in [0, 0.05) is 26.1 Å². The Morgan fingerprint density at radius 1 is 1.31 bits per heavy atom. The molecule has 0 aliphatic carbocycles. The third-order valence-corrected chi connectivity index (χ3v) is 3.63. The van der Waals surface area contributed by atoms with Crippen molar-refractivity contribution in [1.82, 2.24) is 0 Å². The number of nitrogens with zero attached hydrogens (tertiary/aromatic N) is 2. The molecular formula is C13H16N2O. The lowest BCUT2D eigenvalue weighted by Gasteiger charge is -2.39. The summed E-state index contributed by atoms with van der Waals surface area (Å²) in [5, 5.41) is 0. The van der Waals surface area contributed by atoms with Crippen LogP contribution in [0.2, 0.25) is 0 Å². The second-order valence-corrected chi connectivity index (χ2v) is 4.61. The quantitative estimate of drug-likeness (QED) is 0.662. The molecule has 0 bridgehead atoms. The van der Waals surface area contributed by atoms with Crippen molar-refractivity contribution < 1.29 is 4.79 Å². The fraction of sp³-hybridized carbons (Fsp3) is 0.462. The highest BCUT2D eigenvalue weighted by Crippen LogP contribution is 2.38. The fourth-order valence-corrected chi connectivity index (χ4v) is 2.89. The SMILES string of the molecule is CC(=O)N1CC2CCCN2c2ccccc21. The molecule has 84 valence electrons. The third-order valence-electron chi connectivity index (χ3n) is 3.63. The van der Waals surface area contributed by atoms with E-state index in [1.807, 2.05) is 17.0 Å². The Hall–Kier alpha value is -1.51. The first-order valence-electron chi connectivity index (χ1n) is 5.91. The second kappa shape index (κ2) is 3.51. The van der Waals surface area contributed by atoms with Gasteiger partial charge in [-0.3, -0.25) is 4.79 Å². The minimum atomic E-state index is 0.152. The van der Waals surface area contributed by atoms with E-state index in [0.717, 1.165) is 18.8 Å². The summed E-state index contributed by atoms with van der Waals surface area (Å²) in [5.74, 6) is 0.152. The van der Waals surface area contributed by atoms with Gasteiger partial charge in [0.25, 0.3) is 0 Å². The standard InChI is InChI=1S/C13H16N2O/c1-10(16)15-9-11-5-4-8-14(11)12-6-2-3-7-13(12)15/h2-3,6-7,11H,4-5,8-9H2,1H3. The summed E-state index contributed by atoms with van der Waals surface area (Å²) < 4.78 is 0. The van der Waals surface area contributed by atoms with Gasteiger partial charge in [-0.15, -0.1) is 0 Å². The smallest absolute Gasteiger partial charge is 0.223 e. The van der Waals surface area contributed by atoms with Gasteiger partial charge in [0.15, 0.2) is 0 Å². The van der Waals surface area contributed by atoms with E-state index in [0.29, 0.717) is 6.04 Å². The van der Waals surface area contributed by atoms with Gasteiger partial charge in [0.1, 0.15) is 0 Å². The Bertz CT molecular complexity index is 430. The summed E-state index contributed by atoms with van der Waals surface area (Å²) in [6.07, 6.45) is 2.45.